The molecule has 6 nitrogen and oxygen atoms in total. The van der Waals surface area contributed by atoms with Crippen LogP contribution in [0.25, 0.3) is 0 Å². The van der Waals surface area contributed by atoms with Crippen molar-refractivity contribution in [2.45, 2.75) is 12.7 Å². The second-order valence-corrected chi connectivity index (χ2v) is 5.46. The van der Waals surface area contributed by atoms with E-state index < -0.39 is 22.9 Å². The molecule has 10 heteroatoms. The zero-order chi connectivity index (χ0) is 15.4. The van der Waals surface area contributed by atoms with Gasteiger partial charge in [0.05, 0.1) is 0 Å². The molecule has 0 atom stereocenters. The molecular formula is C10H13F3N4O2S. The third kappa shape index (κ3) is 5.99. The lowest BCUT2D eigenvalue weighted by molar-refractivity contribution is -0.121. The van der Waals surface area contributed by atoms with Crippen LogP contribution in [-0.2, 0) is 16.8 Å². The standard InChI is InChI=1S/C10H13F3N4O2S/c11-10(12,13)6-17-20(18,19)16-5-7-1-3-8(4-2-7)9(14)15/h1-4,16-17H,5-6H2,(H3,14,15). The third-order valence-corrected chi connectivity index (χ3v) is 3.24. The van der Waals surface area contributed by atoms with E-state index in [1.807, 2.05) is 4.72 Å². The number of nitrogen functional groups attached to an aromatic ring is 1. The van der Waals surface area contributed by atoms with E-state index in [1.54, 1.807) is 0 Å². The molecule has 0 fully saturated rings. The van der Waals surface area contributed by atoms with Gasteiger partial charge in [-0.25, -0.2) is 0 Å². The summed E-state index contributed by atoms with van der Waals surface area (Å²) in [6.45, 7) is -1.81. The van der Waals surface area contributed by atoms with Crippen molar-refractivity contribution in [1.29, 1.82) is 5.41 Å². The highest BCUT2D eigenvalue weighted by atomic mass is 32.2. The van der Waals surface area contributed by atoms with Crippen LogP contribution in [0.4, 0.5) is 13.2 Å². The van der Waals surface area contributed by atoms with Crippen molar-refractivity contribution in [1.82, 2.24) is 9.44 Å². The van der Waals surface area contributed by atoms with Crippen molar-refractivity contribution < 1.29 is 21.6 Å². The molecule has 1 aromatic carbocycles. The molecule has 0 saturated carbocycles. The van der Waals surface area contributed by atoms with Crippen molar-refractivity contribution >= 4 is 16.0 Å². The molecule has 112 valence electrons. The van der Waals surface area contributed by atoms with Gasteiger partial charge in [0.1, 0.15) is 12.4 Å². The van der Waals surface area contributed by atoms with E-state index in [4.69, 9.17) is 11.1 Å². The summed E-state index contributed by atoms with van der Waals surface area (Å²) in [5, 5.41) is 7.17. The van der Waals surface area contributed by atoms with Gasteiger partial charge in [-0.15, -0.1) is 0 Å². The predicted molar refractivity (Wildman–Crippen MR) is 67.3 cm³/mol. The number of hydrogen-bond acceptors (Lipinski definition) is 3. The number of alkyl halides is 3. The minimum atomic E-state index is -4.61. The van der Waals surface area contributed by atoms with Crippen LogP contribution >= 0.6 is 0 Å². The fourth-order valence-electron chi connectivity index (χ4n) is 1.21. The third-order valence-electron chi connectivity index (χ3n) is 2.19. The molecule has 0 unspecified atom stereocenters. The molecule has 0 heterocycles. The molecule has 0 bridgehead atoms. The number of benzene rings is 1. The van der Waals surface area contributed by atoms with Gasteiger partial charge in [-0.3, -0.25) is 5.41 Å². The minimum Gasteiger partial charge on any atom is -0.384 e. The molecule has 1 rings (SSSR count). The van der Waals surface area contributed by atoms with Crippen molar-refractivity contribution in [3.8, 4) is 0 Å². The van der Waals surface area contributed by atoms with Gasteiger partial charge in [-0.2, -0.15) is 31.0 Å². The van der Waals surface area contributed by atoms with Crippen LogP contribution in [-0.4, -0.2) is 27.0 Å². The zero-order valence-electron chi connectivity index (χ0n) is 10.2. The first-order valence-electron chi connectivity index (χ1n) is 5.33. The minimum absolute atomic E-state index is 0.135. The Morgan fingerprint density at radius 1 is 1.20 bits per heavy atom. The Bertz CT molecular complexity index is 569. The zero-order valence-corrected chi connectivity index (χ0v) is 11.0. The first-order valence-corrected chi connectivity index (χ1v) is 6.82. The summed E-state index contributed by atoms with van der Waals surface area (Å²) in [5.74, 6) is -0.135. The average molecular weight is 310 g/mol. The predicted octanol–water partition coefficient (Wildman–Crippen LogP) is 0.457. The molecule has 1 aromatic rings. The van der Waals surface area contributed by atoms with Gasteiger partial charge in [0.2, 0.25) is 0 Å². The molecule has 0 aliphatic carbocycles. The van der Waals surface area contributed by atoms with E-state index in [0.29, 0.717) is 11.1 Å². The summed E-state index contributed by atoms with van der Waals surface area (Å²) in [4.78, 5) is 0. The fraction of sp³-hybridized carbons (Fsp3) is 0.300. The smallest absolute Gasteiger partial charge is 0.384 e. The maximum absolute atomic E-state index is 11.9. The molecule has 20 heavy (non-hydrogen) atoms. The molecule has 0 radical (unpaired) electrons. The van der Waals surface area contributed by atoms with Crippen LogP contribution < -0.4 is 15.2 Å². The van der Waals surface area contributed by atoms with Gasteiger partial charge in [0, 0.05) is 12.1 Å². The van der Waals surface area contributed by atoms with E-state index in [-0.39, 0.29) is 12.4 Å². The normalized spacial score (nSPS) is 12.3. The SMILES string of the molecule is N=C(N)c1ccc(CNS(=O)(=O)NCC(F)(F)F)cc1. The van der Waals surface area contributed by atoms with Crippen LogP contribution in [0.2, 0.25) is 0 Å². The van der Waals surface area contributed by atoms with E-state index in [9.17, 15) is 21.6 Å². The van der Waals surface area contributed by atoms with Crippen molar-refractivity contribution in [2.75, 3.05) is 6.54 Å². The van der Waals surface area contributed by atoms with Gasteiger partial charge in [-0.1, -0.05) is 24.3 Å². The van der Waals surface area contributed by atoms with E-state index in [1.165, 1.54) is 29.0 Å². The highest BCUT2D eigenvalue weighted by Crippen LogP contribution is 2.12. The van der Waals surface area contributed by atoms with Gasteiger partial charge in [0.25, 0.3) is 10.2 Å². The molecule has 0 amide bonds. The molecule has 0 aliphatic rings. The number of halogens is 3. The lowest BCUT2D eigenvalue weighted by atomic mass is 10.1. The Morgan fingerprint density at radius 3 is 2.20 bits per heavy atom. The summed E-state index contributed by atoms with van der Waals surface area (Å²) < 4.78 is 61.5. The summed E-state index contributed by atoms with van der Waals surface area (Å²) in [5.41, 5.74) is 6.23. The molecule has 0 aromatic heterocycles. The summed E-state index contributed by atoms with van der Waals surface area (Å²) in [6, 6.07) is 6.05. The lowest BCUT2D eigenvalue weighted by Gasteiger charge is -2.10. The van der Waals surface area contributed by atoms with Crippen LogP contribution in [0.1, 0.15) is 11.1 Å². The molecule has 0 aliphatic heterocycles. The Balaban J connectivity index is 2.56. The number of amidine groups is 1. The van der Waals surface area contributed by atoms with E-state index >= 15 is 0 Å². The average Bonchev–Trinajstić information content (AvgIpc) is 2.34. The maximum Gasteiger partial charge on any atom is 0.402 e. The van der Waals surface area contributed by atoms with Crippen LogP contribution in [0.3, 0.4) is 0 Å². The van der Waals surface area contributed by atoms with Gasteiger partial charge >= 0.3 is 6.18 Å². The highest BCUT2D eigenvalue weighted by molar-refractivity contribution is 7.87. The Kier molecular flexibility index (Phi) is 5.09. The topological polar surface area (TPSA) is 108 Å². The number of hydrogen-bond donors (Lipinski definition) is 4. The largest absolute Gasteiger partial charge is 0.402 e. The molecule has 0 saturated heterocycles. The monoisotopic (exact) mass is 310 g/mol. The molecule has 0 spiro atoms. The summed E-state index contributed by atoms with van der Waals surface area (Å²) in [7, 11) is -4.23. The first-order chi connectivity index (χ1) is 9.09. The van der Waals surface area contributed by atoms with Crippen molar-refractivity contribution in [3.63, 3.8) is 0 Å². The summed E-state index contributed by atoms with van der Waals surface area (Å²) >= 11 is 0. The van der Waals surface area contributed by atoms with E-state index in [0.717, 1.165) is 0 Å². The number of nitrogens with one attached hydrogen (secondary N) is 3. The lowest BCUT2D eigenvalue weighted by Crippen LogP contribution is -2.41. The highest BCUT2D eigenvalue weighted by Gasteiger charge is 2.29. The Labute approximate surface area is 113 Å². The number of nitrogens with two attached hydrogens (primary N) is 1. The van der Waals surface area contributed by atoms with Gasteiger partial charge < -0.3 is 5.73 Å². The Morgan fingerprint density at radius 2 is 1.75 bits per heavy atom. The van der Waals surface area contributed by atoms with Crippen molar-refractivity contribution in [3.05, 3.63) is 35.4 Å². The van der Waals surface area contributed by atoms with Crippen LogP contribution in [0.5, 0.6) is 0 Å². The van der Waals surface area contributed by atoms with Crippen molar-refractivity contribution in [2.24, 2.45) is 5.73 Å². The second-order valence-electron chi connectivity index (χ2n) is 3.87. The van der Waals surface area contributed by atoms with Crippen LogP contribution in [0, 0.1) is 5.41 Å². The summed E-state index contributed by atoms with van der Waals surface area (Å²) in [6.07, 6.45) is -4.61. The first kappa shape index (κ1) is 16.4. The van der Waals surface area contributed by atoms with Crippen LogP contribution in [0.15, 0.2) is 24.3 Å². The van der Waals surface area contributed by atoms with Gasteiger partial charge in [-0.05, 0) is 5.56 Å². The van der Waals surface area contributed by atoms with Gasteiger partial charge in [0.15, 0.2) is 0 Å². The maximum atomic E-state index is 11.9. The second kappa shape index (κ2) is 6.20. The quantitative estimate of drug-likeness (QED) is 0.453. The van der Waals surface area contributed by atoms with E-state index in [2.05, 4.69) is 0 Å². The molecular weight excluding hydrogens is 297 g/mol. The molecule has 5 N–H and O–H groups in total. The Hall–Kier alpha value is -1.65. The number of rotatable bonds is 6. The fourth-order valence-corrected chi connectivity index (χ4v) is 2.02.